The van der Waals surface area contributed by atoms with Crippen LogP contribution in [0.1, 0.15) is 70.8 Å². The molecule has 0 radical (unpaired) electrons. The summed E-state index contributed by atoms with van der Waals surface area (Å²) < 4.78 is 147. The van der Waals surface area contributed by atoms with Gasteiger partial charge in [0.2, 0.25) is 5.36 Å². The monoisotopic (exact) mass is 1070 g/mol. The fourth-order valence-corrected chi connectivity index (χ4v) is 9.42. The predicted octanol–water partition coefficient (Wildman–Crippen LogP) is -2.59. The molecule has 0 saturated carbocycles. The van der Waals surface area contributed by atoms with E-state index in [1.165, 1.54) is 18.2 Å². The van der Waals surface area contributed by atoms with Crippen molar-refractivity contribution in [2.75, 3.05) is 122 Å². The zero-order valence-electron chi connectivity index (χ0n) is 42.2. The molecule has 1 N–H and O–H groups in total. The minimum atomic E-state index is -4.88. The van der Waals surface area contributed by atoms with Crippen LogP contribution in [0.5, 0.6) is 0 Å². The van der Waals surface area contributed by atoms with Crippen LogP contribution in [0.4, 0.5) is 5.69 Å². The number of nitrogens with zero attached hydrogens (tertiary/aromatic N) is 2. The molecule has 0 amide bonds. The van der Waals surface area contributed by atoms with Crippen molar-refractivity contribution < 1.29 is 136 Å². The van der Waals surface area contributed by atoms with Gasteiger partial charge in [0.15, 0.2) is 0 Å². The van der Waals surface area contributed by atoms with E-state index < -0.39 is 52.2 Å². The summed E-state index contributed by atoms with van der Waals surface area (Å²) in [5.74, 6) is -0.0612. The second kappa shape index (κ2) is 31.4. The summed E-state index contributed by atoms with van der Waals surface area (Å²) in [6.07, 6.45) is 5.58. The molecule has 0 aromatic heterocycles. The Kier molecular flexibility index (Phi) is 29.0. The second-order valence-corrected chi connectivity index (χ2v) is 21.9. The zero-order chi connectivity index (χ0) is 50.7. The van der Waals surface area contributed by atoms with Gasteiger partial charge in [0.1, 0.15) is 34.7 Å². The molecular weight excluding hydrogens is 1010 g/mol. The van der Waals surface area contributed by atoms with Crippen molar-refractivity contribution in [1.82, 2.24) is 4.58 Å². The summed E-state index contributed by atoms with van der Waals surface area (Å²) in [5, 5.41) is 9.47. The molecule has 0 spiro atoms. The summed E-state index contributed by atoms with van der Waals surface area (Å²) in [5.41, 5.74) is 2.16. The van der Waals surface area contributed by atoms with Gasteiger partial charge in [0.25, 0.3) is 0 Å². The fraction of sp³-hybridized carbons (Fsp3) is 0.596. The van der Waals surface area contributed by atoms with E-state index in [1.54, 1.807) is 12.2 Å². The van der Waals surface area contributed by atoms with Gasteiger partial charge in [-0.25, -0.2) is 29.8 Å². The van der Waals surface area contributed by atoms with E-state index in [0.717, 1.165) is 16.5 Å². The number of fused-ring (bicyclic) bond motifs is 2. The Morgan fingerprint density at radius 2 is 1.27 bits per heavy atom. The van der Waals surface area contributed by atoms with Crippen LogP contribution in [0.3, 0.4) is 0 Å². The molecule has 0 bridgehead atoms. The third-order valence-electron chi connectivity index (χ3n) is 11.3. The van der Waals surface area contributed by atoms with E-state index in [-0.39, 0.29) is 123 Å². The summed E-state index contributed by atoms with van der Waals surface area (Å²) >= 11 is 0. The Morgan fingerprint density at radius 3 is 1.77 bits per heavy atom. The molecule has 1 aromatic carbocycles. The third-order valence-corrected chi connectivity index (χ3v) is 13.7. The maximum Gasteiger partial charge on any atom is 1.00 e. The van der Waals surface area contributed by atoms with E-state index in [4.69, 9.17) is 37.9 Å². The minimum Gasteiger partial charge on any atom is -0.748 e. The van der Waals surface area contributed by atoms with Crippen molar-refractivity contribution in [3.05, 3.63) is 82.6 Å². The van der Waals surface area contributed by atoms with Crippen molar-refractivity contribution in [3.8, 4) is 11.3 Å². The average Bonchev–Trinajstić information content (AvgIpc) is 3.49. The number of hydrogen-bond acceptors (Lipinski definition) is 18. The van der Waals surface area contributed by atoms with Crippen LogP contribution in [-0.4, -0.2) is 161 Å². The molecule has 0 fully saturated rings. The van der Waals surface area contributed by atoms with Crippen LogP contribution in [0.2, 0.25) is 0 Å². The maximum atomic E-state index is 12.3. The number of ether oxygens (including phenoxy) is 6. The average molecular weight is 1080 g/mol. The first-order chi connectivity index (χ1) is 32.6. The van der Waals surface area contributed by atoms with Crippen LogP contribution >= 0.6 is 0 Å². The number of aliphatic hydroxyl groups excluding tert-OH is 1. The first kappa shape index (κ1) is 65.5. The molecule has 2 heterocycles. The molecule has 3 aliphatic rings. The minimum absolute atomic E-state index is 0. The van der Waals surface area contributed by atoms with Gasteiger partial charge < -0.3 is 56.5 Å². The van der Waals surface area contributed by atoms with Gasteiger partial charge in [0.05, 0.1) is 117 Å². The predicted molar refractivity (Wildman–Crippen MR) is 256 cm³/mol. The standard InChI is InChI=1S/C47H70N2O17S3.2Na/c1-6-48(17-9-33-68(54,55)56)37-12-14-40-41(46(2,3)4)35-38(66-44(40)34-37)10-7-11-45-47(5,16-8-32-67(51,52)53)42-36-39(69(57,58)59)13-15-43(42)49(45)18-20-60-22-24-62-26-28-64-30-31-65-29-27-63-25-23-61-21-19-50;;/h7,10-15,34-36,50H,6,8-9,16-33H2,1-5H3,(H2-,51,52,53,54,55,56,57,58,59);;/q;2*+1/p-2. The van der Waals surface area contributed by atoms with E-state index >= 15 is 0 Å². The first-order valence-corrected chi connectivity index (χ1v) is 27.5. The number of aliphatic hydroxyl groups is 1. The molecule has 1 unspecified atom stereocenters. The van der Waals surface area contributed by atoms with Crippen LogP contribution in [0, 0.1) is 0 Å². The molecule has 388 valence electrons. The Labute approximate surface area is 464 Å². The van der Waals surface area contributed by atoms with Gasteiger partial charge >= 0.3 is 59.1 Å². The summed E-state index contributed by atoms with van der Waals surface area (Å²) in [4.78, 5) is 1.47. The largest absolute Gasteiger partial charge is 1.00 e. The molecule has 2 aliphatic heterocycles. The number of allylic oxidation sites excluding steroid dienone is 3. The van der Waals surface area contributed by atoms with Gasteiger partial charge in [0, 0.05) is 52.9 Å². The molecular formula is C47H68N2Na2O17S3. The number of anilines is 1. The van der Waals surface area contributed by atoms with Crippen molar-refractivity contribution >= 4 is 42.1 Å². The van der Waals surface area contributed by atoms with Crippen molar-refractivity contribution in [2.45, 2.75) is 69.6 Å². The van der Waals surface area contributed by atoms with Crippen LogP contribution in [0.25, 0.3) is 17.4 Å². The first-order valence-electron chi connectivity index (χ1n) is 22.9. The van der Waals surface area contributed by atoms with Gasteiger partial charge in [-0.15, -0.1) is 0 Å². The normalized spacial score (nSPS) is 16.4. The van der Waals surface area contributed by atoms with E-state index in [1.807, 2.05) is 53.7 Å². The molecule has 71 heavy (non-hydrogen) atoms. The van der Waals surface area contributed by atoms with Crippen molar-refractivity contribution in [2.24, 2.45) is 0 Å². The topological polar surface area (TPSA) is 267 Å². The van der Waals surface area contributed by atoms with E-state index in [9.17, 15) is 38.9 Å². The molecule has 1 aromatic rings. The maximum absolute atomic E-state index is 12.3. The smallest absolute Gasteiger partial charge is 0.748 e. The summed E-state index contributed by atoms with van der Waals surface area (Å²) in [7, 11) is -13.8. The molecule has 1 aliphatic carbocycles. The Bertz CT molecular complexity index is 2550. The van der Waals surface area contributed by atoms with Crippen molar-refractivity contribution in [3.63, 3.8) is 0 Å². The van der Waals surface area contributed by atoms with Gasteiger partial charge in [-0.05, 0) is 85.7 Å². The van der Waals surface area contributed by atoms with Crippen LogP contribution < -0.4 is 73.9 Å². The Balaban J connectivity index is 0.00000864. The fourth-order valence-electron chi connectivity index (χ4n) is 7.95. The van der Waals surface area contributed by atoms with Crippen molar-refractivity contribution in [1.29, 1.82) is 0 Å². The van der Waals surface area contributed by atoms with Crippen LogP contribution in [0.15, 0.2) is 69.6 Å². The number of hydrogen-bond donors (Lipinski definition) is 1. The van der Waals surface area contributed by atoms with E-state index in [2.05, 4.69) is 20.8 Å². The number of rotatable bonds is 32. The van der Waals surface area contributed by atoms with Gasteiger partial charge in [-0.1, -0.05) is 26.8 Å². The third kappa shape index (κ3) is 22.2. The molecule has 1 atom stereocenters. The molecule has 0 saturated heterocycles. The molecule has 4 rings (SSSR count). The summed E-state index contributed by atoms with van der Waals surface area (Å²) in [6, 6.07) is 11.8. The zero-order valence-corrected chi connectivity index (χ0v) is 48.7. The Morgan fingerprint density at radius 1 is 0.732 bits per heavy atom. The quantitative estimate of drug-likeness (QED) is 0.0291. The van der Waals surface area contributed by atoms with E-state index in [0.29, 0.717) is 94.4 Å². The van der Waals surface area contributed by atoms with Gasteiger partial charge in [-0.3, -0.25) is 0 Å². The molecule has 19 nitrogen and oxygen atoms in total. The number of benzene rings is 2. The second-order valence-electron chi connectivity index (χ2n) is 17.5. The van der Waals surface area contributed by atoms with Crippen LogP contribution in [-0.2, 0) is 69.6 Å². The Hall–Kier alpha value is -1.62. The SMILES string of the molecule is CC[N+](CCCS(=O)(=O)[O-])=c1ccc2c(C(C)(C)C)cc(/C=C/C=C3/N(CCOCCOCCOCCOCCOCCOCCO)c4ccc(S(=O)(=O)[O-])cc4C3(C)CCCS(=O)(=O)[O-])oc-2c1.[Na+].[Na+]. The van der Waals surface area contributed by atoms with Gasteiger partial charge in [-0.2, -0.15) is 0 Å². The molecule has 24 heteroatoms. The summed E-state index contributed by atoms with van der Waals surface area (Å²) in [6.45, 7) is 15.2.